The summed E-state index contributed by atoms with van der Waals surface area (Å²) in [4.78, 5) is 0. The molecule has 1 unspecified atom stereocenters. The summed E-state index contributed by atoms with van der Waals surface area (Å²) in [5.74, 6) is 0.734. The van der Waals surface area contributed by atoms with E-state index in [9.17, 15) is 5.11 Å². The van der Waals surface area contributed by atoms with Gasteiger partial charge in [-0.2, -0.15) is 0 Å². The third kappa shape index (κ3) is 2.60. The van der Waals surface area contributed by atoms with E-state index in [1.54, 1.807) is 0 Å². The van der Waals surface area contributed by atoms with Crippen molar-refractivity contribution >= 4 is 0 Å². The molecule has 1 N–H and O–H groups in total. The van der Waals surface area contributed by atoms with Crippen molar-refractivity contribution in [1.82, 2.24) is 0 Å². The first-order valence-electron chi connectivity index (χ1n) is 6.09. The van der Waals surface area contributed by atoms with Gasteiger partial charge in [-0.3, -0.25) is 0 Å². The van der Waals surface area contributed by atoms with Gasteiger partial charge in [0.05, 0.1) is 6.10 Å². The monoisotopic (exact) mass is 204 g/mol. The molecular formula is C14H20O. The van der Waals surface area contributed by atoms with Crippen LogP contribution in [-0.2, 0) is 0 Å². The summed E-state index contributed by atoms with van der Waals surface area (Å²) in [5, 5.41) is 10.1. The summed E-state index contributed by atoms with van der Waals surface area (Å²) in [6.45, 7) is 2.17. The molecule has 1 fully saturated rings. The first-order valence-corrected chi connectivity index (χ1v) is 6.09. The number of aliphatic hydroxyl groups is 1. The van der Waals surface area contributed by atoms with Crippen LogP contribution in [0.2, 0.25) is 0 Å². The molecule has 0 spiro atoms. The topological polar surface area (TPSA) is 20.2 Å². The molecule has 1 nitrogen and oxygen atoms in total. The summed E-state index contributed by atoms with van der Waals surface area (Å²) in [6.07, 6.45) is 5.53. The van der Waals surface area contributed by atoms with Crippen molar-refractivity contribution in [3.63, 3.8) is 0 Å². The minimum Gasteiger partial charge on any atom is -0.388 e. The van der Waals surface area contributed by atoms with Crippen molar-refractivity contribution < 1.29 is 5.11 Å². The highest BCUT2D eigenvalue weighted by atomic mass is 16.3. The van der Waals surface area contributed by atoms with E-state index in [-0.39, 0.29) is 6.10 Å². The molecule has 1 aromatic carbocycles. The smallest absolute Gasteiger partial charge is 0.0792 e. The maximum atomic E-state index is 10.1. The summed E-state index contributed by atoms with van der Waals surface area (Å²) >= 11 is 0. The van der Waals surface area contributed by atoms with Crippen LogP contribution in [0.4, 0.5) is 0 Å². The molecule has 1 aliphatic carbocycles. The predicted molar refractivity (Wildman–Crippen MR) is 62.9 cm³/mol. The van der Waals surface area contributed by atoms with Crippen LogP contribution in [0.25, 0.3) is 0 Å². The van der Waals surface area contributed by atoms with Gasteiger partial charge in [-0.1, -0.05) is 44.0 Å². The molecule has 2 rings (SSSR count). The van der Waals surface area contributed by atoms with Gasteiger partial charge in [0.25, 0.3) is 0 Å². The molecule has 1 heteroatoms. The van der Waals surface area contributed by atoms with E-state index >= 15 is 0 Å². The maximum Gasteiger partial charge on any atom is 0.0792 e. The van der Waals surface area contributed by atoms with Crippen molar-refractivity contribution in [2.24, 2.45) is 0 Å². The number of hydrogen-bond acceptors (Lipinski definition) is 1. The fraction of sp³-hybridized carbons (Fsp3) is 0.571. The number of unbranched alkanes of at least 4 members (excludes halogenated alkanes) is 1. The Labute approximate surface area is 92.1 Å². The predicted octanol–water partition coefficient (Wildman–Crippen LogP) is 3.79. The Morgan fingerprint density at radius 3 is 2.73 bits per heavy atom. The summed E-state index contributed by atoms with van der Waals surface area (Å²) in [5.41, 5.74) is 2.56. The highest BCUT2D eigenvalue weighted by molar-refractivity contribution is 5.34. The third-order valence-electron chi connectivity index (χ3n) is 3.20. The molecule has 1 atom stereocenters. The van der Waals surface area contributed by atoms with Gasteiger partial charge in [0.15, 0.2) is 0 Å². The van der Waals surface area contributed by atoms with Crippen LogP contribution in [0.3, 0.4) is 0 Å². The van der Waals surface area contributed by atoms with Gasteiger partial charge in [0, 0.05) is 0 Å². The second-order valence-electron chi connectivity index (χ2n) is 4.56. The van der Waals surface area contributed by atoms with E-state index in [4.69, 9.17) is 0 Å². The molecule has 0 saturated heterocycles. The Morgan fingerprint density at radius 1 is 1.33 bits per heavy atom. The van der Waals surface area contributed by atoms with Crippen LogP contribution in [0.5, 0.6) is 0 Å². The Hall–Kier alpha value is -0.820. The molecule has 0 radical (unpaired) electrons. The first kappa shape index (κ1) is 10.7. The molecule has 0 bridgehead atoms. The molecule has 1 aromatic rings. The Kier molecular flexibility index (Phi) is 3.42. The van der Waals surface area contributed by atoms with Crippen LogP contribution in [0, 0.1) is 0 Å². The summed E-state index contributed by atoms with van der Waals surface area (Å²) < 4.78 is 0. The van der Waals surface area contributed by atoms with Gasteiger partial charge in [0.1, 0.15) is 0 Å². The first-order chi connectivity index (χ1) is 7.33. The normalized spacial score (nSPS) is 17.7. The fourth-order valence-electron chi connectivity index (χ4n) is 2.13. The SMILES string of the molecule is CCCCC(O)c1ccccc1C1CC1. The standard InChI is InChI=1S/C14H20O/c1-2-3-8-14(15)13-7-5-4-6-12(13)11-9-10-11/h4-7,11,14-15H,2-3,8-10H2,1H3. The van der Waals surface area contributed by atoms with Crippen molar-refractivity contribution in [3.8, 4) is 0 Å². The number of aliphatic hydroxyl groups excluding tert-OH is 1. The van der Waals surface area contributed by atoms with Crippen LogP contribution < -0.4 is 0 Å². The van der Waals surface area contributed by atoms with Crippen LogP contribution in [0.15, 0.2) is 24.3 Å². The molecule has 0 aromatic heterocycles. The van der Waals surface area contributed by atoms with Gasteiger partial charge in [0.2, 0.25) is 0 Å². The average molecular weight is 204 g/mol. The zero-order valence-corrected chi connectivity index (χ0v) is 9.45. The maximum absolute atomic E-state index is 10.1. The summed E-state index contributed by atoms with van der Waals surface area (Å²) in [6, 6.07) is 8.40. The van der Waals surface area contributed by atoms with E-state index < -0.39 is 0 Å². The second kappa shape index (κ2) is 4.80. The molecule has 15 heavy (non-hydrogen) atoms. The Balaban J connectivity index is 2.11. The van der Waals surface area contributed by atoms with E-state index in [1.165, 1.54) is 24.0 Å². The van der Waals surface area contributed by atoms with E-state index in [2.05, 4.69) is 25.1 Å². The van der Waals surface area contributed by atoms with Gasteiger partial charge in [-0.25, -0.2) is 0 Å². The largest absolute Gasteiger partial charge is 0.388 e. The molecule has 0 amide bonds. The van der Waals surface area contributed by atoms with Gasteiger partial charge >= 0.3 is 0 Å². The lowest BCUT2D eigenvalue weighted by Gasteiger charge is -2.14. The lowest BCUT2D eigenvalue weighted by molar-refractivity contribution is 0.163. The number of hydrogen-bond donors (Lipinski definition) is 1. The highest BCUT2D eigenvalue weighted by Gasteiger charge is 2.27. The quantitative estimate of drug-likeness (QED) is 0.773. The summed E-state index contributed by atoms with van der Waals surface area (Å²) in [7, 11) is 0. The molecule has 1 saturated carbocycles. The molecule has 0 aliphatic heterocycles. The van der Waals surface area contributed by atoms with E-state index in [0.29, 0.717) is 0 Å². The zero-order valence-electron chi connectivity index (χ0n) is 9.45. The van der Waals surface area contributed by atoms with Gasteiger partial charge < -0.3 is 5.11 Å². The van der Waals surface area contributed by atoms with Gasteiger partial charge in [-0.05, 0) is 36.3 Å². The van der Waals surface area contributed by atoms with E-state index in [0.717, 1.165) is 25.2 Å². The third-order valence-corrected chi connectivity index (χ3v) is 3.20. The zero-order chi connectivity index (χ0) is 10.7. The van der Waals surface area contributed by atoms with Crippen LogP contribution in [0.1, 0.15) is 62.2 Å². The van der Waals surface area contributed by atoms with Crippen molar-refractivity contribution in [2.75, 3.05) is 0 Å². The molecule has 82 valence electrons. The van der Waals surface area contributed by atoms with Gasteiger partial charge in [-0.15, -0.1) is 0 Å². The number of benzene rings is 1. The molecule has 0 heterocycles. The minimum atomic E-state index is -0.248. The molecule has 1 aliphatic rings. The van der Waals surface area contributed by atoms with Crippen molar-refractivity contribution in [3.05, 3.63) is 35.4 Å². The minimum absolute atomic E-state index is 0.248. The second-order valence-corrected chi connectivity index (χ2v) is 4.56. The molecular weight excluding hydrogens is 184 g/mol. The highest BCUT2D eigenvalue weighted by Crippen LogP contribution is 2.43. The van der Waals surface area contributed by atoms with Crippen LogP contribution >= 0.6 is 0 Å². The lowest BCUT2D eigenvalue weighted by atomic mass is 9.96. The van der Waals surface area contributed by atoms with Crippen molar-refractivity contribution in [2.45, 2.75) is 51.0 Å². The fourth-order valence-corrected chi connectivity index (χ4v) is 2.13. The van der Waals surface area contributed by atoms with Crippen molar-refractivity contribution in [1.29, 1.82) is 0 Å². The lowest BCUT2D eigenvalue weighted by Crippen LogP contribution is -2.01. The Bertz CT molecular complexity index is 315. The number of rotatable bonds is 5. The van der Waals surface area contributed by atoms with Crippen LogP contribution in [-0.4, -0.2) is 5.11 Å². The average Bonchev–Trinajstić information content (AvgIpc) is 3.09. The Morgan fingerprint density at radius 2 is 2.07 bits per heavy atom. The van der Waals surface area contributed by atoms with E-state index in [1.807, 2.05) is 6.07 Å².